The Hall–Kier alpha value is -3.67. The van der Waals surface area contributed by atoms with Gasteiger partial charge in [-0.2, -0.15) is 0 Å². The van der Waals surface area contributed by atoms with Gasteiger partial charge in [0.1, 0.15) is 23.0 Å². The summed E-state index contributed by atoms with van der Waals surface area (Å²) in [6, 6.07) is 18.7. The minimum absolute atomic E-state index is 0.177. The number of nitrogens with zero attached hydrogens (tertiary/aromatic N) is 4. The number of anilines is 1. The van der Waals surface area contributed by atoms with E-state index in [0.717, 1.165) is 10.9 Å². The third-order valence-corrected chi connectivity index (χ3v) is 3.66. The molecular weight excluding hydrogens is 312 g/mol. The van der Waals surface area contributed by atoms with Crippen molar-refractivity contribution in [2.24, 2.45) is 0 Å². The topological polar surface area (TPSA) is 87.4 Å². The van der Waals surface area contributed by atoms with E-state index in [1.807, 2.05) is 54.6 Å². The van der Waals surface area contributed by atoms with E-state index in [1.54, 1.807) is 18.5 Å². The van der Waals surface area contributed by atoms with Crippen molar-refractivity contribution in [2.75, 3.05) is 5.32 Å². The Morgan fingerprint density at radius 3 is 2.32 bits per heavy atom. The smallest absolute Gasteiger partial charge is 0.180 e. The summed E-state index contributed by atoms with van der Waals surface area (Å²) < 4.78 is 0. The van der Waals surface area contributed by atoms with Crippen LogP contribution in [0.2, 0.25) is 0 Å². The lowest BCUT2D eigenvalue weighted by molar-refractivity contribution is 1.17. The van der Waals surface area contributed by atoms with Gasteiger partial charge in [-0.05, 0) is 36.4 Å². The molecule has 0 atom stereocenters. The predicted molar refractivity (Wildman–Crippen MR) is 97.5 cm³/mol. The first kappa shape index (κ1) is 14.9. The summed E-state index contributed by atoms with van der Waals surface area (Å²) in [5.74, 6) is 1.24. The predicted octanol–water partition coefficient (Wildman–Crippen LogP) is 3.52. The highest BCUT2D eigenvalue weighted by Crippen LogP contribution is 2.24. The number of aromatic nitrogens is 4. The van der Waals surface area contributed by atoms with E-state index in [9.17, 15) is 0 Å². The van der Waals surface area contributed by atoms with Gasteiger partial charge in [0, 0.05) is 17.8 Å². The van der Waals surface area contributed by atoms with Crippen LogP contribution >= 0.6 is 0 Å². The molecule has 0 aliphatic carbocycles. The molecule has 6 heteroatoms. The van der Waals surface area contributed by atoms with E-state index in [4.69, 9.17) is 5.41 Å². The molecule has 0 amide bonds. The number of pyridine rings is 2. The Bertz CT molecular complexity index is 1030. The van der Waals surface area contributed by atoms with Crippen molar-refractivity contribution in [1.29, 1.82) is 5.41 Å². The average molecular weight is 326 g/mol. The maximum absolute atomic E-state index is 8.27. The van der Waals surface area contributed by atoms with E-state index < -0.39 is 0 Å². The van der Waals surface area contributed by atoms with Gasteiger partial charge in [-0.1, -0.05) is 24.3 Å². The van der Waals surface area contributed by atoms with Gasteiger partial charge in [-0.25, -0.2) is 9.97 Å². The van der Waals surface area contributed by atoms with Gasteiger partial charge in [-0.15, -0.1) is 0 Å². The van der Waals surface area contributed by atoms with Crippen LogP contribution in [0.25, 0.3) is 22.4 Å². The van der Waals surface area contributed by atoms with Crippen LogP contribution in [-0.4, -0.2) is 25.8 Å². The highest BCUT2D eigenvalue weighted by molar-refractivity contribution is 6.08. The lowest BCUT2D eigenvalue weighted by atomic mass is 10.2. The molecule has 0 saturated carbocycles. The van der Waals surface area contributed by atoms with Crippen LogP contribution in [-0.2, 0) is 0 Å². The molecule has 0 bridgehead atoms. The first-order valence-electron chi connectivity index (χ1n) is 7.76. The number of nitrogens with one attached hydrogen (secondary N) is 2. The Balaban J connectivity index is 1.80. The fraction of sp³-hybridized carbons (Fsp3) is 0. The van der Waals surface area contributed by atoms with Crippen molar-refractivity contribution in [3.05, 3.63) is 78.8 Å². The van der Waals surface area contributed by atoms with Crippen LogP contribution in [0.15, 0.2) is 73.1 Å². The van der Waals surface area contributed by atoms with Gasteiger partial charge in [0.15, 0.2) is 5.82 Å². The van der Waals surface area contributed by atoms with Gasteiger partial charge in [0.2, 0.25) is 0 Å². The second-order valence-electron chi connectivity index (χ2n) is 5.34. The molecule has 0 aliphatic heterocycles. The number of benzene rings is 1. The summed E-state index contributed by atoms with van der Waals surface area (Å²) in [6.07, 6.45) is 3.36. The molecule has 120 valence electrons. The monoisotopic (exact) mass is 326 g/mol. The number of hydrogen-bond acceptors (Lipinski definition) is 5. The summed E-state index contributed by atoms with van der Waals surface area (Å²) in [7, 11) is 0. The SMILES string of the molecule is N=C(Nc1nc(-c2ccccn2)nc2ccccc12)c1ccccn1. The molecule has 2 N–H and O–H groups in total. The van der Waals surface area contributed by atoms with Gasteiger partial charge in [0.05, 0.1) is 5.52 Å². The lowest BCUT2D eigenvalue weighted by Gasteiger charge is -2.11. The van der Waals surface area contributed by atoms with Crippen molar-refractivity contribution in [1.82, 2.24) is 19.9 Å². The zero-order valence-electron chi connectivity index (χ0n) is 13.2. The molecule has 0 radical (unpaired) electrons. The van der Waals surface area contributed by atoms with E-state index in [1.165, 1.54) is 0 Å². The molecular formula is C19H14N6. The summed E-state index contributed by atoms with van der Waals surface area (Å²) in [4.78, 5) is 17.7. The van der Waals surface area contributed by atoms with Crippen LogP contribution in [0.5, 0.6) is 0 Å². The van der Waals surface area contributed by atoms with E-state index >= 15 is 0 Å². The second kappa shape index (κ2) is 6.45. The minimum atomic E-state index is 0.177. The molecule has 6 nitrogen and oxygen atoms in total. The highest BCUT2D eigenvalue weighted by atomic mass is 15.1. The van der Waals surface area contributed by atoms with E-state index in [2.05, 4.69) is 25.3 Å². The third-order valence-electron chi connectivity index (χ3n) is 3.66. The normalized spacial score (nSPS) is 10.6. The summed E-state index contributed by atoms with van der Waals surface area (Å²) in [5.41, 5.74) is 2.01. The number of para-hydroxylation sites is 1. The average Bonchev–Trinajstić information content (AvgIpc) is 2.69. The van der Waals surface area contributed by atoms with E-state index in [0.29, 0.717) is 23.0 Å². The zero-order valence-corrected chi connectivity index (χ0v) is 13.2. The van der Waals surface area contributed by atoms with Gasteiger partial charge in [0.25, 0.3) is 0 Å². The first-order valence-corrected chi connectivity index (χ1v) is 7.76. The summed E-state index contributed by atoms with van der Waals surface area (Å²) >= 11 is 0. The van der Waals surface area contributed by atoms with Crippen LogP contribution in [0, 0.1) is 5.41 Å². The molecule has 25 heavy (non-hydrogen) atoms. The van der Waals surface area contributed by atoms with Crippen molar-refractivity contribution in [2.45, 2.75) is 0 Å². The number of hydrogen-bond donors (Lipinski definition) is 2. The minimum Gasteiger partial charge on any atom is -0.323 e. The Kier molecular flexibility index (Phi) is 3.84. The molecule has 0 aliphatic rings. The molecule has 1 aromatic carbocycles. The molecule has 3 aromatic heterocycles. The van der Waals surface area contributed by atoms with Gasteiger partial charge >= 0.3 is 0 Å². The van der Waals surface area contributed by atoms with Crippen molar-refractivity contribution >= 4 is 22.6 Å². The van der Waals surface area contributed by atoms with Gasteiger partial charge < -0.3 is 5.32 Å². The van der Waals surface area contributed by atoms with Crippen LogP contribution in [0.4, 0.5) is 5.82 Å². The highest BCUT2D eigenvalue weighted by Gasteiger charge is 2.12. The fourth-order valence-corrected chi connectivity index (χ4v) is 2.47. The van der Waals surface area contributed by atoms with Crippen molar-refractivity contribution in [3.8, 4) is 11.5 Å². The first-order chi connectivity index (χ1) is 12.3. The Labute approximate surface area is 144 Å². The molecule has 4 aromatic rings. The maximum atomic E-state index is 8.27. The number of fused-ring (bicyclic) bond motifs is 1. The number of amidine groups is 1. The summed E-state index contributed by atoms with van der Waals surface area (Å²) in [6.45, 7) is 0. The Morgan fingerprint density at radius 1 is 0.800 bits per heavy atom. The standard InChI is InChI=1S/C19H14N6/c20-17(15-9-3-5-11-21-15)24-18-13-7-1-2-8-14(13)23-19(25-18)16-10-4-6-12-22-16/h1-12H,(H2,20,23,24,25). The van der Waals surface area contributed by atoms with Crippen LogP contribution in [0.1, 0.15) is 5.69 Å². The lowest BCUT2D eigenvalue weighted by Crippen LogP contribution is -2.15. The quantitative estimate of drug-likeness (QED) is 0.444. The van der Waals surface area contributed by atoms with E-state index in [-0.39, 0.29) is 5.84 Å². The van der Waals surface area contributed by atoms with Crippen molar-refractivity contribution < 1.29 is 0 Å². The third kappa shape index (κ3) is 3.05. The van der Waals surface area contributed by atoms with Crippen LogP contribution in [0.3, 0.4) is 0 Å². The largest absolute Gasteiger partial charge is 0.323 e. The molecule has 0 fully saturated rings. The second-order valence-corrected chi connectivity index (χ2v) is 5.34. The van der Waals surface area contributed by atoms with Crippen LogP contribution < -0.4 is 5.32 Å². The molecule has 4 rings (SSSR count). The molecule has 0 unspecified atom stereocenters. The Morgan fingerprint density at radius 2 is 1.56 bits per heavy atom. The zero-order chi connectivity index (χ0) is 17.1. The molecule has 0 spiro atoms. The molecule has 3 heterocycles. The maximum Gasteiger partial charge on any atom is 0.180 e. The van der Waals surface area contributed by atoms with Crippen molar-refractivity contribution in [3.63, 3.8) is 0 Å². The summed E-state index contributed by atoms with van der Waals surface area (Å²) in [5, 5.41) is 12.2. The van der Waals surface area contributed by atoms with Gasteiger partial charge in [-0.3, -0.25) is 15.4 Å². The molecule has 0 saturated heterocycles. The fourth-order valence-electron chi connectivity index (χ4n) is 2.47. The number of rotatable bonds is 3.